The topological polar surface area (TPSA) is 48.0 Å². The van der Waals surface area contributed by atoms with Gasteiger partial charge < -0.3 is 19.1 Å². The molecule has 0 saturated heterocycles. The Morgan fingerprint density at radius 2 is 1.86 bits per heavy atom. The fourth-order valence-corrected chi connectivity index (χ4v) is 1.47. The van der Waals surface area contributed by atoms with Gasteiger partial charge in [-0.1, -0.05) is 30.4 Å². The minimum atomic E-state index is -0.446. The SMILES string of the molecule is C\C=C/C=C\C=C(/C)COC(=O)N(CC)CC(OC)OC. The second kappa shape index (κ2) is 12.2. The van der Waals surface area contributed by atoms with E-state index in [2.05, 4.69) is 0 Å². The first kappa shape index (κ1) is 19.4. The van der Waals surface area contributed by atoms with Crippen molar-refractivity contribution in [2.45, 2.75) is 27.1 Å². The van der Waals surface area contributed by atoms with Gasteiger partial charge in [0.25, 0.3) is 0 Å². The normalized spacial score (nSPS) is 12.6. The van der Waals surface area contributed by atoms with Crippen LogP contribution in [0.25, 0.3) is 0 Å². The molecular weight excluding hydrogens is 270 g/mol. The van der Waals surface area contributed by atoms with Crippen molar-refractivity contribution in [3.05, 3.63) is 36.0 Å². The summed E-state index contributed by atoms with van der Waals surface area (Å²) in [5, 5.41) is 0. The summed E-state index contributed by atoms with van der Waals surface area (Å²) in [6.45, 7) is 6.89. The van der Waals surface area contributed by atoms with Gasteiger partial charge in [-0.2, -0.15) is 0 Å². The van der Waals surface area contributed by atoms with Crippen LogP contribution >= 0.6 is 0 Å². The summed E-state index contributed by atoms with van der Waals surface area (Å²) in [7, 11) is 3.08. The molecule has 21 heavy (non-hydrogen) atoms. The molecule has 0 aromatic carbocycles. The molecule has 0 fully saturated rings. The second-order valence-electron chi connectivity index (χ2n) is 4.42. The third-order valence-corrected chi connectivity index (χ3v) is 2.75. The molecule has 0 aromatic heterocycles. The van der Waals surface area contributed by atoms with E-state index in [0.29, 0.717) is 13.1 Å². The number of carbonyl (C=O) groups excluding carboxylic acids is 1. The monoisotopic (exact) mass is 297 g/mol. The summed E-state index contributed by atoms with van der Waals surface area (Å²) >= 11 is 0. The van der Waals surface area contributed by atoms with Crippen LogP contribution in [0.15, 0.2) is 36.0 Å². The Hall–Kier alpha value is -1.59. The lowest BCUT2D eigenvalue weighted by Gasteiger charge is -2.24. The molecule has 0 unspecified atom stereocenters. The van der Waals surface area contributed by atoms with Gasteiger partial charge in [-0.15, -0.1) is 0 Å². The van der Waals surface area contributed by atoms with Gasteiger partial charge in [-0.05, 0) is 26.3 Å². The van der Waals surface area contributed by atoms with E-state index in [1.54, 1.807) is 4.90 Å². The van der Waals surface area contributed by atoms with Crippen LogP contribution in [0.2, 0.25) is 0 Å². The van der Waals surface area contributed by atoms with Gasteiger partial charge in [0, 0.05) is 20.8 Å². The molecule has 0 heterocycles. The largest absolute Gasteiger partial charge is 0.445 e. The van der Waals surface area contributed by atoms with Crippen LogP contribution in [0.1, 0.15) is 20.8 Å². The van der Waals surface area contributed by atoms with Gasteiger partial charge in [-0.25, -0.2) is 4.79 Å². The van der Waals surface area contributed by atoms with Crippen molar-refractivity contribution < 1.29 is 19.0 Å². The maximum Gasteiger partial charge on any atom is 0.410 e. The number of hydrogen-bond acceptors (Lipinski definition) is 4. The first-order valence-electron chi connectivity index (χ1n) is 7.01. The maximum atomic E-state index is 12.0. The van der Waals surface area contributed by atoms with Crippen molar-refractivity contribution >= 4 is 6.09 Å². The summed E-state index contributed by atoms with van der Waals surface area (Å²) < 4.78 is 15.4. The number of allylic oxidation sites excluding steroid dienone is 5. The van der Waals surface area contributed by atoms with Crippen LogP contribution in [0.3, 0.4) is 0 Å². The van der Waals surface area contributed by atoms with Crippen LogP contribution in [-0.2, 0) is 14.2 Å². The summed E-state index contributed by atoms with van der Waals surface area (Å²) in [6, 6.07) is 0. The number of likely N-dealkylation sites (N-methyl/N-ethyl adjacent to an activating group) is 1. The third kappa shape index (κ3) is 9.05. The predicted octanol–water partition coefficient (Wildman–Crippen LogP) is 3.14. The number of nitrogens with zero attached hydrogens (tertiary/aromatic N) is 1. The second-order valence-corrected chi connectivity index (χ2v) is 4.42. The lowest BCUT2D eigenvalue weighted by Crippen LogP contribution is -2.39. The van der Waals surface area contributed by atoms with Crippen LogP contribution in [0.4, 0.5) is 4.79 Å². The van der Waals surface area contributed by atoms with Crippen molar-refractivity contribution in [2.75, 3.05) is 33.9 Å². The highest BCUT2D eigenvalue weighted by molar-refractivity contribution is 5.67. The van der Waals surface area contributed by atoms with Gasteiger partial charge in [0.15, 0.2) is 6.29 Å². The van der Waals surface area contributed by atoms with E-state index in [-0.39, 0.29) is 12.7 Å². The Labute approximate surface area is 127 Å². The smallest absolute Gasteiger partial charge is 0.410 e. The van der Waals surface area contributed by atoms with Crippen LogP contribution in [0.5, 0.6) is 0 Å². The van der Waals surface area contributed by atoms with Crippen molar-refractivity contribution in [2.24, 2.45) is 0 Å². The molecule has 0 aliphatic carbocycles. The van der Waals surface area contributed by atoms with E-state index in [1.807, 2.05) is 51.2 Å². The van der Waals surface area contributed by atoms with E-state index in [1.165, 1.54) is 14.2 Å². The van der Waals surface area contributed by atoms with E-state index in [9.17, 15) is 4.79 Å². The number of hydrogen-bond donors (Lipinski definition) is 0. The first-order chi connectivity index (χ1) is 10.1. The molecule has 120 valence electrons. The molecule has 1 amide bonds. The molecule has 0 saturated carbocycles. The summed E-state index contributed by atoms with van der Waals surface area (Å²) in [4.78, 5) is 13.5. The molecule has 0 aliphatic rings. The number of amides is 1. The van der Waals surface area contributed by atoms with Gasteiger partial charge in [0.2, 0.25) is 0 Å². The average Bonchev–Trinajstić information content (AvgIpc) is 2.50. The van der Waals surface area contributed by atoms with Gasteiger partial charge in [-0.3, -0.25) is 0 Å². The molecule has 0 spiro atoms. The minimum absolute atomic E-state index is 0.264. The number of rotatable bonds is 9. The zero-order chi connectivity index (χ0) is 16.1. The van der Waals surface area contributed by atoms with Crippen LogP contribution in [0, 0.1) is 0 Å². The fourth-order valence-electron chi connectivity index (χ4n) is 1.47. The Morgan fingerprint density at radius 3 is 2.38 bits per heavy atom. The van der Waals surface area contributed by atoms with E-state index in [4.69, 9.17) is 14.2 Å². The van der Waals surface area contributed by atoms with E-state index < -0.39 is 6.29 Å². The minimum Gasteiger partial charge on any atom is -0.445 e. The molecule has 5 heteroatoms. The first-order valence-corrected chi connectivity index (χ1v) is 7.01. The zero-order valence-electron chi connectivity index (χ0n) is 13.7. The molecule has 0 bridgehead atoms. The predicted molar refractivity (Wildman–Crippen MR) is 84.1 cm³/mol. The quantitative estimate of drug-likeness (QED) is 0.484. The van der Waals surface area contributed by atoms with Gasteiger partial charge in [0.1, 0.15) is 6.61 Å². The molecule has 0 aliphatic heterocycles. The highest BCUT2D eigenvalue weighted by atomic mass is 16.7. The van der Waals surface area contributed by atoms with E-state index in [0.717, 1.165) is 5.57 Å². The highest BCUT2D eigenvalue weighted by Crippen LogP contribution is 2.02. The van der Waals surface area contributed by atoms with Gasteiger partial charge in [0.05, 0.1) is 6.54 Å². The van der Waals surface area contributed by atoms with Crippen LogP contribution in [-0.4, -0.2) is 51.2 Å². The molecule has 5 nitrogen and oxygen atoms in total. The average molecular weight is 297 g/mol. The molecular formula is C16H27NO4. The lowest BCUT2D eigenvalue weighted by molar-refractivity contribution is -0.113. The Bertz CT molecular complexity index is 370. The summed E-state index contributed by atoms with van der Waals surface area (Å²) in [5.74, 6) is 0. The lowest BCUT2D eigenvalue weighted by atomic mass is 10.3. The van der Waals surface area contributed by atoms with Crippen molar-refractivity contribution in [1.29, 1.82) is 0 Å². The van der Waals surface area contributed by atoms with Crippen molar-refractivity contribution in [3.8, 4) is 0 Å². The number of ether oxygens (including phenoxy) is 3. The van der Waals surface area contributed by atoms with Crippen LogP contribution < -0.4 is 0 Å². The number of carbonyl (C=O) groups is 1. The maximum absolute atomic E-state index is 12.0. The Kier molecular flexibility index (Phi) is 11.3. The zero-order valence-corrected chi connectivity index (χ0v) is 13.7. The molecule has 0 aromatic rings. The molecule has 0 radical (unpaired) electrons. The molecule has 0 atom stereocenters. The third-order valence-electron chi connectivity index (χ3n) is 2.75. The Balaban J connectivity index is 4.32. The Morgan fingerprint density at radius 1 is 1.19 bits per heavy atom. The van der Waals surface area contributed by atoms with Crippen molar-refractivity contribution in [3.63, 3.8) is 0 Å². The molecule has 0 N–H and O–H groups in total. The van der Waals surface area contributed by atoms with Gasteiger partial charge >= 0.3 is 6.09 Å². The van der Waals surface area contributed by atoms with E-state index >= 15 is 0 Å². The summed E-state index contributed by atoms with van der Waals surface area (Å²) in [6.07, 6.45) is 8.81. The molecule has 0 rings (SSSR count). The standard InChI is InChI=1S/C16H27NO4/c1-6-8-9-10-11-14(3)13-21-16(18)17(7-2)12-15(19-4)20-5/h6,8-11,15H,7,12-13H2,1-5H3/b8-6-,10-9-,14-11+. The van der Waals surface area contributed by atoms with Crippen molar-refractivity contribution in [1.82, 2.24) is 4.90 Å². The number of methoxy groups -OCH3 is 2. The fraction of sp³-hybridized carbons (Fsp3) is 0.562. The summed E-state index contributed by atoms with van der Waals surface area (Å²) in [5.41, 5.74) is 0.968. The highest BCUT2D eigenvalue weighted by Gasteiger charge is 2.18.